The van der Waals surface area contributed by atoms with Crippen LogP contribution in [0.3, 0.4) is 0 Å². The minimum atomic E-state index is -0.0681. The SMILES string of the molecule is CCc1cc2cc(C(C=O)C(CC)CC)ccc2[nH]c1=O. The van der Waals surface area contributed by atoms with Gasteiger partial charge < -0.3 is 9.78 Å². The predicted molar refractivity (Wildman–Crippen MR) is 86.8 cm³/mol. The van der Waals surface area contributed by atoms with Gasteiger partial charge in [-0.3, -0.25) is 4.79 Å². The van der Waals surface area contributed by atoms with E-state index in [0.29, 0.717) is 12.3 Å². The topological polar surface area (TPSA) is 49.9 Å². The normalized spacial score (nSPS) is 12.8. The number of hydrogen-bond acceptors (Lipinski definition) is 2. The smallest absolute Gasteiger partial charge is 0.251 e. The Labute approximate surface area is 125 Å². The summed E-state index contributed by atoms with van der Waals surface area (Å²) in [4.78, 5) is 26.3. The van der Waals surface area contributed by atoms with Crippen molar-refractivity contribution in [3.63, 3.8) is 0 Å². The molecule has 2 aromatic rings. The Bertz CT molecular complexity index is 683. The number of rotatable bonds is 6. The lowest BCUT2D eigenvalue weighted by Crippen LogP contribution is -2.14. The summed E-state index contributed by atoms with van der Waals surface area (Å²) in [5.41, 5.74) is 2.63. The van der Waals surface area contributed by atoms with Crippen LogP contribution in [0.5, 0.6) is 0 Å². The fourth-order valence-corrected chi connectivity index (χ4v) is 3.00. The first kappa shape index (κ1) is 15.5. The highest BCUT2D eigenvalue weighted by Crippen LogP contribution is 2.29. The van der Waals surface area contributed by atoms with Crippen molar-refractivity contribution in [2.75, 3.05) is 0 Å². The van der Waals surface area contributed by atoms with Gasteiger partial charge in [-0.1, -0.05) is 39.7 Å². The number of hydrogen-bond donors (Lipinski definition) is 1. The van der Waals surface area contributed by atoms with E-state index in [1.165, 1.54) is 0 Å². The summed E-state index contributed by atoms with van der Waals surface area (Å²) in [5.74, 6) is 0.301. The van der Waals surface area contributed by atoms with Crippen molar-refractivity contribution in [3.8, 4) is 0 Å². The fraction of sp³-hybridized carbons (Fsp3) is 0.444. The van der Waals surface area contributed by atoms with Gasteiger partial charge in [-0.25, -0.2) is 0 Å². The van der Waals surface area contributed by atoms with Gasteiger partial charge in [-0.15, -0.1) is 0 Å². The molecule has 21 heavy (non-hydrogen) atoms. The van der Waals surface area contributed by atoms with Crippen LogP contribution in [-0.2, 0) is 11.2 Å². The zero-order chi connectivity index (χ0) is 15.4. The molecule has 1 N–H and O–H groups in total. The average Bonchev–Trinajstić information content (AvgIpc) is 2.51. The van der Waals surface area contributed by atoms with Gasteiger partial charge in [0.05, 0.1) is 0 Å². The van der Waals surface area contributed by atoms with Crippen molar-refractivity contribution in [1.82, 2.24) is 4.98 Å². The Balaban J connectivity index is 2.52. The second-order valence-electron chi connectivity index (χ2n) is 5.56. The second-order valence-corrected chi connectivity index (χ2v) is 5.56. The van der Waals surface area contributed by atoms with Crippen LogP contribution < -0.4 is 5.56 Å². The molecule has 0 bridgehead atoms. The van der Waals surface area contributed by atoms with Crippen LogP contribution in [0.1, 0.15) is 50.7 Å². The number of carbonyl (C=O) groups excluding carboxylic acids is 1. The minimum absolute atomic E-state index is 0.0234. The van der Waals surface area contributed by atoms with Crippen LogP contribution in [0.2, 0.25) is 0 Å². The van der Waals surface area contributed by atoms with Gasteiger partial charge >= 0.3 is 0 Å². The van der Waals surface area contributed by atoms with Crippen LogP contribution in [0.15, 0.2) is 29.1 Å². The monoisotopic (exact) mass is 285 g/mol. The number of aromatic nitrogens is 1. The van der Waals surface area contributed by atoms with Gasteiger partial charge in [0.2, 0.25) is 0 Å². The van der Waals surface area contributed by atoms with Gasteiger partial charge in [-0.2, -0.15) is 0 Å². The Morgan fingerprint density at radius 3 is 2.43 bits per heavy atom. The summed E-state index contributed by atoms with van der Waals surface area (Å²) in [7, 11) is 0. The van der Waals surface area contributed by atoms with E-state index in [0.717, 1.165) is 41.2 Å². The van der Waals surface area contributed by atoms with Crippen LogP contribution in [0, 0.1) is 5.92 Å². The van der Waals surface area contributed by atoms with Gasteiger partial charge in [0.25, 0.3) is 5.56 Å². The van der Waals surface area contributed by atoms with E-state index in [4.69, 9.17) is 0 Å². The lowest BCUT2D eigenvalue weighted by Gasteiger charge is -2.20. The first-order valence-electron chi connectivity index (χ1n) is 7.75. The van der Waals surface area contributed by atoms with Crippen molar-refractivity contribution in [2.45, 2.75) is 46.0 Å². The highest BCUT2D eigenvalue weighted by Gasteiger charge is 2.20. The summed E-state index contributed by atoms with van der Waals surface area (Å²) in [6, 6.07) is 7.85. The summed E-state index contributed by atoms with van der Waals surface area (Å²) < 4.78 is 0. The molecule has 112 valence electrons. The van der Waals surface area contributed by atoms with E-state index < -0.39 is 0 Å². The fourth-order valence-electron chi connectivity index (χ4n) is 3.00. The molecule has 0 spiro atoms. The number of pyridine rings is 1. The van der Waals surface area contributed by atoms with Gasteiger partial charge in [-0.05, 0) is 41.5 Å². The highest BCUT2D eigenvalue weighted by atomic mass is 16.1. The zero-order valence-electron chi connectivity index (χ0n) is 13.0. The summed E-state index contributed by atoms with van der Waals surface area (Å²) in [6.07, 6.45) is 3.75. The molecule has 0 aliphatic carbocycles. The van der Waals surface area contributed by atoms with Gasteiger partial charge in [0, 0.05) is 17.0 Å². The number of aromatic amines is 1. The molecular formula is C18H23NO2. The van der Waals surface area contributed by atoms with E-state index in [2.05, 4.69) is 18.8 Å². The lowest BCUT2D eigenvalue weighted by molar-refractivity contribution is -0.110. The number of benzene rings is 1. The lowest BCUT2D eigenvalue weighted by atomic mass is 9.83. The Kier molecular flexibility index (Phi) is 4.94. The molecule has 1 aromatic carbocycles. The maximum atomic E-state index is 11.8. The molecule has 0 saturated carbocycles. The molecule has 0 fully saturated rings. The number of aldehydes is 1. The Morgan fingerprint density at radius 2 is 1.86 bits per heavy atom. The van der Waals surface area contributed by atoms with Crippen molar-refractivity contribution >= 4 is 17.2 Å². The first-order valence-corrected chi connectivity index (χ1v) is 7.75. The van der Waals surface area contributed by atoms with E-state index in [-0.39, 0.29) is 11.5 Å². The number of carbonyl (C=O) groups is 1. The highest BCUT2D eigenvalue weighted by molar-refractivity contribution is 5.81. The molecule has 0 aliphatic rings. The van der Waals surface area contributed by atoms with E-state index in [9.17, 15) is 9.59 Å². The maximum Gasteiger partial charge on any atom is 0.251 e. The Hall–Kier alpha value is -1.90. The van der Waals surface area contributed by atoms with Crippen LogP contribution in [0.25, 0.3) is 10.9 Å². The van der Waals surface area contributed by atoms with Crippen LogP contribution in [-0.4, -0.2) is 11.3 Å². The molecule has 0 aliphatic heterocycles. The molecule has 0 amide bonds. The minimum Gasteiger partial charge on any atom is -0.322 e. The summed E-state index contributed by atoms with van der Waals surface area (Å²) in [5, 5.41) is 1.00. The van der Waals surface area contributed by atoms with Crippen LogP contribution in [0.4, 0.5) is 0 Å². The average molecular weight is 285 g/mol. The third kappa shape index (κ3) is 3.07. The summed E-state index contributed by atoms with van der Waals surface area (Å²) >= 11 is 0. The van der Waals surface area contributed by atoms with Crippen LogP contribution >= 0.6 is 0 Å². The Morgan fingerprint density at radius 1 is 1.14 bits per heavy atom. The number of H-pyrrole nitrogens is 1. The number of nitrogens with one attached hydrogen (secondary N) is 1. The van der Waals surface area contributed by atoms with Crippen molar-refractivity contribution in [2.24, 2.45) is 5.92 Å². The molecule has 1 atom stereocenters. The predicted octanol–water partition coefficient (Wildman–Crippen LogP) is 3.81. The number of aryl methyl sites for hydroxylation is 1. The molecule has 2 rings (SSSR count). The maximum absolute atomic E-state index is 11.8. The largest absolute Gasteiger partial charge is 0.322 e. The molecule has 0 radical (unpaired) electrons. The molecular weight excluding hydrogens is 262 g/mol. The third-order valence-corrected chi connectivity index (χ3v) is 4.41. The second kappa shape index (κ2) is 6.70. The molecule has 3 nitrogen and oxygen atoms in total. The van der Waals surface area contributed by atoms with E-state index >= 15 is 0 Å². The number of fused-ring (bicyclic) bond motifs is 1. The molecule has 3 heteroatoms. The molecule has 0 saturated heterocycles. The quantitative estimate of drug-likeness (QED) is 0.820. The van der Waals surface area contributed by atoms with Gasteiger partial charge in [0.15, 0.2) is 0 Å². The van der Waals surface area contributed by atoms with Gasteiger partial charge in [0.1, 0.15) is 6.29 Å². The molecule has 1 aromatic heterocycles. The molecule has 1 heterocycles. The standard InChI is InChI=1S/C18H23NO2/c1-4-12(5-2)16(11-20)14-7-8-17-15(10-14)9-13(6-3)18(21)19-17/h7-12,16H,4-6H2,1-3H3,(H,19,21). The van der Waals surface area contributed by atoms with Crippen molar-refractivity contribution in [1.29, 1.82) is 0 Å². The summed E-state index contributed by atoms with van der Waals surface area (Å²) in [6.45, 7) is 6.22. The van der Waals surface area contributed by atoms with Crippen molar-refractivity contribution < 1.29 is 4.79 Å². The third-order valence-electron chi connectivity index (χ3n) is 4.41. The van der Waals surface area contributed by atoms with E-state index in [1.54, 1.807) is 0 Å². The van der Waals surface area contributed by atoms with Crippen molar-refractivity contribution in [3.05, 3.63) is 45.7 Å². The molecule has 1 unspecified atom stereocenters. The first-order chi connectivity index (χ1) is 10.1. The zero-order valence-corrected chi connectivity index (χ0v) is 13.0. The van der Waals surface area contributed by atoms with E-state index in [1.807, 2.05) is 31.2 Å².